The predicted molar refractivity (Wildman–Crippen MR) is 140 cm³/mol. The van der Waals surface area contributed by atoms with E-state index in [0.717, 1.165) is 34.7 Å². The molecule has 0 radical (unpaired) electrons. The average molecular weight is 451 g/mol. The van der Waals surface area contributed by atoms with Gasteiger partial charge < -0.3 is 0 Å². The summed E-state index contributed by atoms with van der Waals surface area (Å²) < 4.78 is 0. The minimum absolute atomic E-state index is 0.0755. The highest BCUT2D eigenvalue weighted by Crippen LogP contribution is 2.74. The first kappa shape index (κ1) is 24.0. The van der Waals surface area contributed by atoms with E-state index in [0.29, 0.717) is 21.1 Å². The van der Waals surface area contributed by atoms with Gasteiger partial charge in [-0.25, -0.2) is 0 Å². The van der Waals surface area contributed by atoms with Crippen LogP contribution in [-0.2, 0) is 0 Å². The second-order valence-electron chi connectivity index (χ2n) is 15.2. The van der Waals surface area contributed by atoms with E-state index in [1.54, 1.807) is 44.7 Å². The fourth-order valence-electron chi connectivity index (χ4n) is 9.43. The second kappa shape index (κ2) is 7.43. The molecule has 4 atom stereocenters. The predicted octanol–water partition coefficient (Wildman–Crippen LogP) is 8.97. The van der Waals surface area contributed by atoms with Crippen LogP contribution in [0.2, 0.25) is 0 Å². The average Bonchev–Trinajstić information content (AvgIpc) is 2.48. The second-order valence-corrected chi connectivity index (χ2v) is 19.7. The normalized spacial score (nSPS) is 40.4. The standard InChI is InChI=1S/C28H52P2/c1-24(2,3)28(29,25(4,5)6)23-11-10-22(23)18-30(26(7,8)9)27-15-19-12-20(16-27)14-21(13-19)17-27/h19-23H,10-18,29H2,1-9H3/t19?,20?,21?,22-,23-,27?,30?/m1/s1. The van der Waals surface area contributed by atoms with E-state index in [2.05, 4.69) is 71.6 Å². The van der Waals surface area contributed by atoms with E-state index in [-0.39, 0.29) is 7.92 Å². The van der Waals surface area contributed by atoms with Gasteiger partial charge in [-0.2, -0.15) is 0 Å². The van der Waals surface area contributed by atoms with Crippen LogP contribution >= 0.6 is 17.2 Å². The van der Waals surface area contributed by atoms with Crippen molar-refractivity contribution in [1.82, 2.24) is 0 Å². The summed E-state index contributed by atoms with van der Waals surface area (Å²) in [5, 5.41) is 1.58. The van der Waals surface area contributed by atoms with E-state index in [4.69, 9.17) is 0 Å². The van der Waals surface area contributed by atoms with Gasteiger partial charge in [-0.05, 0) is 113 Å². The summed E-state index contributed by atoms with van der Waals surface area (Å²) in [4.78, 5) is 0. The third-order valence-electron chi connectivity index (χ3n) is 10.3. The van der Waals surface area contributed by atoms with E-state index in [1.165, 1.54) is 12.8 Å². The first-order valence-corrected chi connectivity index (χ1v) is 15.2. The van der Waals surface area contributed by atoms with Crippen molar-refractivity contribution in [3.8, 4) is 0 Å². The molecule has 30 heavy (non-hydrogen) atoms. The van der Waals surface area contributed by atoms with Gasteiger partial charge in [-0.1, -0.05) is 70.2 Å². The van der Waals surface area contributed by atoms with E-state index in [9.17, 15) is 0 Å². The van der Waals surface area contributed by atoms with Gasteiger partial charge in [-0.3, -0.25) is 0 Å². The van der Waals surface area contributed by atoms with Crippen LogP contribution in [0.1, 0.15) is 114 Å². The number of rotatable bonds is 4. The molecule has 174 valence electrons. The van der Waals surface area contributed by atoms with Gasteiger partial charge in [0.05, 0.1) is 0 Å². The lowest BCUT2D eigenvalue weighted by atomic mass is 9.52. The Bertz CT molecular complexity index is 592. The first-order chi connectivity index (χ1) is 13.6. The maximum absolute atomic E-state index is 3.46. The van der Waals surface area contributed by atoms with Gasteiger partial charge in [0.25, 0.3) is 0 Å². The lowest BCUT2D eigenvalue weighted by molar-refractivity contribution is 0.00405. The van der Waals surface area contributed by atoms with Crippen molar-refractivity contribution in [2.75, 3.05) is 6.16 Å². The molecule has 2 unspecified atom stereocenters. The Hall–Kier alpha value is 0.860. The van der Waals surface area contributed by atoms with Crippen molar-refractivity contribution in [3.63, 3.8) is 0 Å². The third kappa shape index (κ3) is 3.79. The lowest BCUT2D eigenvalue weighted by Crippen LogP contribution is -2.59. The fourth-order valence-corrected chi connectivity index (χ4v) is 14.6. The summed E-state index contributed by atoms with van der Waals surface area (Å²) in [5.41, 5.74) is 0.648. The highest BCUT2D eigenvalue weighted by molar-refractivity contribution is 7.61. The minimum Gasteiger partial charge on any atom is -0.130 e. The minimum atomic E-state index is 0.0755. The molecule has 0 aromatic heterocycles. The van der Waals surface area contributed by atoms with Gasteiger partial charge in [0.1, 0.15) is 0 Å². The molecule has 5 aliphatic carbocycles. The van der Waals surface area contributed by atoms with Crippen molar-refractivity contribution < 1.29 is 0 Å². The highest BCUT2D eigenvalue weighted by atomic mass is 31.1. The van der Waals surface area contributed by atoms with Gasteiger partial charge >= 0.3 is 0 Å². The van der Waals surface area contributed by atoms with Gasteiger partial charge in [0.2, 0.25) is 0 Å². The smallest absolute Gasteiger partial charge is 0.00228 e. The molecule has 0 heterocycles. The monoisotopic (exact) mass is 450 g/mol. The molecule has 0 aromatic rings. The Kier molecular flexibility index (Phi) is 5.94. The van der Waals surface area contributed by atoms with Crippen LogP contribution in [0, 0.1) is 40.4 Å². The molecule has 5 fully saturated rings. The zero-order valence-corrected chi connectivity index (χ0v) is 23.8. The van der Waals surface area contributed by atoms with Crippen LogP contribution in [0.3, 0.4) is 0 Å². The molecule has 0 aromatic carbocycles. The van der Waals surface area contributed by atoms with E-state index < -0.39 is 0 Å². The third-order valence-corrected chi connectivity index (χ3v) is 16.6. The van der Waals surface area contributed by atoms with Gasteiger partial charge in [0.15, 0.2) is 0 Å². The van der Waals surface area contributed by atoms with Crippen LogP contribution in [0.4, 0.5) is 0 Å². The molecule has 0 N–H and O–H groups in total. The summed E-state index contributed by atoms with van der Waals surface area (Å²) in [6.45, 7) is 22.9. The largest absolute Gasteiger partial charge is 0.130 e. The molecule has 0 nitrogen and oxygen atoms in total. The summed E-state index contributed by atoms with van der Waals surface area (Å²) >= 11 is 0. The van der Waals surface area contributed by atoms with Crippen LogP contribution in [-0.4, -0.2) is 21.6 Å². The molecule has 4 bridgehead atoms. The molecule has 0 spiro atoms. The molecule has 0 amide bonds. The van der Waals surface area contributed by atoms with E-state index in [1.807, 2.05) is 0 Å². The molecule has 5 saturated carbocycles. The zero-order chi connectivity index (χ0) is 22.3. The van der Waals surface area contributed by atoms with Crippen molar-refractivity contribution in [2.45, 2.75) is 129 Å². The maximum atomic E-state index is 3.46. The molecular weight excluding hydrogens is 398 g/mol. The van der Waals surface area contributed by atoms with Crippen molar-refractivity contribution in [3.05, 3.63) is 0 Å². The van der Waals surface area contributed by atoms with Gasteiger partial charge in [0, 0.05) is 0 Å². The highest BCUT2D eigenvalue weighted by Gasteiger charge is 2.60. The molecule has 0 aliphatic heterocycles. The fraction of sp³-hybridized carbons (Fsp3) is 1.00. The summed E-state index contributed by atoms with van der Waals surface area (Å²) in [7, 11) is 3.53. The summed E-state index contributed by atoms with van der Waals surface area (Å²) in [6, 6.07) is 0. The van der Waals surface area contributed by atoms with Crippen LogP contribution in [0.25, 0.3) is 0 Å². The molecular formula is C28H52P2. The summed E-state index contributed by atoms with van der Waals surface area (Å²) in [6.07, 6.45) is 14.1. The van der Waals surface area contributed by atoms with E-state index >= 15 is 0 Å². The molecule has 0 saturated heterocycles. The Morgan fingerprint density at radius 2 is 1.17 bits per heavy atom. The quantitative estimate of drug-likeness (QED) is 0.375. The Balaban J connectivity index is 1.61. The Labute approximate surface area is 192 Å². The zero-order valence-electron chi connectivity index (χ0n) is 21.8. The SMILES string of the molecule is CC(C)(C)P(C[C@H]1CC[C@H]1C(P)(C(C)(C)C)C(C)(C)C)C12CC3CC(CC(C3)C1)C2. The van der Waals surface area contributed by atoms with Crippen molar-refractivity contribution >= 4 is 17.2 Å². The molecule has 5 aliphatic rings. The van der Waals surface area contributed by atoms with Crippen LogP contribution < -0.4 is 0 Å². The summed E-state index contributed by atoms with van der Waals surface area (Å²) in [5.74, 6) is 5.10. The van der Waals surface area contributed by atoms with Crippen molar-refractivity contribution in [2.24, 2.45) is 40.4 Å². The molecule has 5 rings (SSSR count). The first-order valence-electron chi connectivity index (χ1n) is 13.1. The van der Waals surface area contributed by atoms with Crippen molar-refractivity contribution in [1.29, 1.82) is 0 Å². The van der Waals surface area contributed by atoms with Crippen LogP contribution in [0.15, 0.2) is 0 Å². The number of hydrogen-bond acceptors (Lipinski definition) is 0. The molecule has 2 heteroatoms. The Morgan fingerprint density at radius 3 is 1.47 bits per heavy atom. The van der Waals surface area contributed by atoms with Crippen LogP contribution in [0.5, 0.6) is 0 Å². The lowest BCUT2D eigenvalue weighted by Gasteiger charge is -2.65. The Morgan fingerprint density at radius 1 is 0.733 bits per heavy atom. The maximum Gasteiger partial charge on any atom is -0.00228 e. The number of hydrogen-bond donors (Lipinski definition) is 0. The van der Waals surface area contributed by atoms with Gasteiger partial charge in [-0.15, -0.1) is 9.24 Å². The topological polar surface area (TPSA) is 0 Å².